The van der Waals surface area contributed by atoms with Gasteiger partial charge in [0.1, 0.15) is 6.10 Å². The van der Waals surface area contributed by atoms with Gasteiger partial charge in [0.15, 0.2) is 0 Å². The van der Waals surface area contributed by atoms with Gasteiger partial charge < -0.3 is 14.6 Å². The molecule has 0 spiro atoms. The maximum absolute atomic E-state index is 12.1. The molecule has 0 aromatic carbocycles. The zero-order valence-electron chi connectivity index (χ0n) is 15.2. The van der Waals surface area contributed by atoms with Gasteiger partial charge in [-0.15, -0.1) is 0 Å². The Morgan fingerprint density at radius 1 is 1.46 bits per heavy atom. The van der Waals surface area contributed by atoms with E-state index in [0.29, 0.717) is 6.42 Å². The minimum absolute atomic E-state index is 0.102. The molecule has 1 heterocycles. The molecule has 2 unspecified atom stereocenters. The summed E-state index contributed by atoms with van der Waals surface area (Å²) in [5, 5.41) is 10.7. The molecule has 0 amide bonds. The molecule has 0 aromatic rings. The number of aliphatic hydroxyl groups is 1. The molecule has 0 radical (unpaired) electrons. The minimum Gasteiger partial charge on any atom is -0.512 e. The highest BCUT2D eigenvalue weighted by molar-refractivity contribution is 5.76. The van der Waals surface area contributed by atoms with Crippen LogP contribution in [-0.2, 0) is 19.1 Å². The van der Waals surface area contributed by atoms with Gasteiger partial charge in [-0.3, -0.25) is 9.59 Å². The lowest BCUT2D eigenvalue weighted by Gasteiger charge is -2.25. The SMILES string of the molecule is CCCCC(C)(C)C/C=C(/O)[C@H]1C2CC(=O)OC2C[C@@H]1C(=O)OC. The van der Waals surface area contributed by atoms with E-state index in [-0.39, 0.29) is 47.5 Å². The lowest BCUT2D eigenvalue weighted by molar-refractivity contribution is -0.149. The van der Waals surface area contributed by atoms with Crippen LogP contribution in [0.2, 0.25) is 0 Å². The maximum Gasteiger partial charge on any atom is 0.309 e. The first-order chi connectivity index (χ1) is 11.3. The van der Waals surface area contributed by atoms with Crippen LogP contribution in [0.15, 0.2) is 11.8 Å². The van der Waals surface area contributed by atoms with Crippen LogP contribution in [0.5, 0.6) is 0 Å². The third-order valence-corrected chi connectivity index (χ3v) is 5.46. The van der Waals surface area contributed by atoms with Crippen molar-refractivity contribution in [2.45, 2.75) is 65.4 Å². The average Bonchev–Trinajstić information content (AvgIpc) is 3.05. The largest absolute Gasteiger partial charge is 0.512 e. The zero-order valence-corrected chi connectivity index (χ0v) is 15.2. The number of rotatable bonds is 7. The van der Waals surface area contributed by atoms with Gasteiger partial charge in [-0.25, -0.2) is 0 Å². The van der Waals surface area contributed by atoms with Gasteiger partial charge in [-0.2, -0.15) is 0 Å². The molecule has 24 heavy (non-hydrogen) atoms. The number of unbranched alkanes of at least 4 members (excludes halogenated alkanes) is 1. The second-order valence-electron chi connectivity index (χ2n) is 7.89. The van der Waals surface area contributed by atoms with Crippen molar-refractivity contribution in [1.82, 2.24) is 0 Å². The third kappa shape index (κ3) is 4.11. The van der Waals surface area contributed by atoms with Crippen LogP contribution in [0.4, 0.5) is 0 Å². The van der Waals surface area contributed by atoms with E-state index in [2.05, 4.69) is 20.8 Å². The molecule has 0 aromatic heterocycles. The number of carbonyl (C=O) groups excluding carboxylic acids is 2. The summed E-state index contributed by atoms with van der Waals surface area (Å²) in [6, 6.07) is 0. The molecule has 1 saturated heterocycles. The summed E-state index contributed by atoms with van der Waals surface area (Å²) in [6.45, 7) is 6.54. The molecule has 1 aliphatic carbocycles. The fraction of sp³-hybridized carbons (Fsp3) is 0.789. The standard InChI is InChI=1S/C19H30O5/c1-5-6-8-19(2,3)9-7-14(20)17-12-11-16(21)24-15(12)10-13(17)18(22)23-4/h7,12-13,15,17,20H,5-6,8-11H2,1-4H3/b14-7+/t12?,13-,15?,17-/m0/s1. The van der Waals surface area contributed by atoms with Crippen molar-refractivity contribution in [2.24, 2.45) is 23.2 Å². The van der Waals surface area contributed by atoms with Crippen LogP contribution >= 0.6 is 0 Å². The quantitative estimate of drug-likeness (QED) is 0.565. The Balaban J connectivity index is 2.13. The minimum atomic E-state index is -0.437. The van der Waals surface area contributed by atoms with Crippen molar-refractivity contribution in [3.05, 3.63) is 11.8 Å². The Bertz CT molecular complexity index is 508. The van der Waals surface area contributed by atoms with E-state index in [0.717, 1.165) is 25.7 Å². The number of aliphatic hydroxyl groups excluding tert-OH is 1. The Kier molecular flexibility index (Phi) is 5.94. The van der Waals surface area contributed by atoms with E-state index < -0.39 is 5.92 Å². The van der Waals surface area contributed by atoms with Crippen LogP contribution in [0.1, 0.15) is 59.3 Å². The van der Waals surface area contributed by atoms with E-state index in [1.54, 1.807) is 0 Å². The molecule has 0 bridgehead atoms. The van der Waals surface area contributed by atoms with Crippen molar-refractivity contribution >= 4 is 11.9 Å². The first-order valence-corrected chi connectivity index (χ1v) is 8.95. The normalized spacial score (nSPS) is 30.2. The summed E-state index contributed by atoms with van der Waals surface area (Å²) in [5.74, 6) is -1.31. The number of hydrogen-bond acceptors (Lipinski definition) is 5. The van der Waals surface area contributed by atoms with E-state index in [1.807, 2.05) is 6.08 Å². The van der Waals surface area contributed by atoms with Gasteiger partial charge >= 0.3 is 11.9 Å². The van der Waals surface area contributed by atoms with Gasteiger partial charge in [0.2, 0.25) is 0 Å². The molecule has 1 aliphatic heterocycles. The first-order valence-electron chi connectivity index (χ1n) is 8.95. The van der Waals surface area contributed by atoms with Crippen LogP contribution in [0.25, 0.3) is 0 Å². The summed E-state index contributed by atoms with van der Waals surface area (Å²) < 4.78 is 10.2. The highest BCUT2D eigenvalue weighted by atomic mass is 16.6. The van der Waals surface area contributed by atoms with Gasteiger partial charge in [-0.05, 0) is 30.8 Å². The molecule has 5 nitrogen and oxygen atoms in total. The van der Waals surface area contributed by atoms with E-state index in [1.165, 1.54) is 7.11 Å². The Hall–Kier alpha value is -1.52. The Labute approximate surface area is 144 Å². The van der Waals surface area contributed by atoms with Crippen molar-refractivity contribution in [2.75, 3.05) is 7.11 Å². The van der Waals surface area contributed by atoms with E-state index in [9.17, 15) is 14.7 Å². The summed E-state index contributed by atoms with van der Waals surface area (Å²) in [7, 11) is 1.36. The van der Waals surface area contributed by atoms with Gasteiger partial charge in [-0.1, -0.05) is 33.6 Å². The number of fused-ring (bicyclic) bond motifs is 1. The number of carbonyl (C=O) groups is 2. The van der Waals surface area contributed by atoms with Crippen LogP contribution < -0.4 is 0 Å². The maximum atomic E-state index is 12.1. The summed E-state index contributed by atoms with van der Waals surface area (Å²) in [4.78, 5) is 23.6. The van der Waals surface area contributed by atoms with Crippen molar-refractivity contribution < 1.29 is 24.2 Å². The van der Waals surface area contributed by atoms with Crippen molar-refractivity contribution in [3.8, 4) is 0 Å². The topological polar surface area (TPSA) is 72.8 Å². The predicted molar refractivity (Wildman–Crippen MR) is 90.2 cm³/mol. The molecular weight excluding hydrogens is 308 g/mol. The highest BCUT2D eigenvalue weighted by Gasteiger charge is 2.54. The summed E-state index contributed by atoms with van der Waals surface area (Å²) >= 11 is 0. The first kappa shape index (κ1) is 18.8. The second kappa shape index (κ2) is 7.58. The van der Waals surface area contributed by atoms with E-state index >= 15 is 0 Å². The molecular formula is C19H30O5. The number of hydrogen-bond donors (Lipinski definition) is 1. The Morgan fingerprint density at radius 3 is 2.79 bits per heavy atom. The van der Waals surface area contributed by atoms with Crippen LogP contribution in [-0.4, -0.2) is 30.3 Å². The molecule has 2 rings (SSSR count). The van der Waals surface area contributed by atoms with Gasteiger partial charge in [0.25, 0.3) is 0 Å². The van der Waals surface area contributed by atoms with Gasteiger partial charge in [0.05, 0.1) is 25.2 Å². The highest BCUT2D eigenvalue weighted by Crippen LogP contribution is 2.48. The number of methoxy groups -OCH3 is 1. The smallest absolute Gasteiger partial charge is 0.309 e. The number of ether oxygens (including phenoxy) is 2. The third-order valence-electron chi connectivity index (χ3n) is 5.46. The molecule has 1 saturated carbocycles. The lowest BCUT2D eigenvalue weighted by Crippen LogP contribution is -2.26. The monoisotopic (exact) mass is 338 g/mol. The Morgan fingerprint density at radius 2 is 2.17 bits per heavy atom. The fourth-order valence-electron chi connectivity index (χ4n) is 4.00. The zero-order chi connectivity index (χ0) is 17.9. The molecule has 2 aliphatic rings. The van der Waals surface area contributed by atoms with E-state index in [4.69, 9.17) is 9.47 Å². The van der Waals surface area contributed by atoms with Crippen molar-refractivity contribution in [3.63, 3.8) is 0 Å². The summed E-state index contributed by atoms with van der Waals surface area (Å²) in [6.07, 6.45) is 6.39. The number of allylic oxidation sites excluding steroid dienone is 2. The van der Waals surface area contributed by atoms with Crippen LogP contribution in [0, 0.1) is 23.2 Å². The van der Waals surface area contributed by atoms with Crippen molar-refractivity contribution in [1.29, 1.82) is 0 Å². The fourth-order valence-corrected chi connectivity index (χ4v) is 4.00. The molecule has 2 fully saturated rings. The molecule has 1 N–H and O–H groups in total. The molecule has 136 valence electrons. The summed E-state index contributed by atoms with van der Waals surface area (Å²) in [5.41, 5.74) is 0.102. The van der Waals surface area contributed by atoms with Gasteiger partial charge in [0, 0.05) is 11.8 Å². The molecule has 4 atom stereocenters. The second-order valence-corrected chi connectivity index (χ2v) is 7.89. The average molecular weight is 338 g/mol. The number of esters is 2. The molecule has 5 heteroatoms. The van der Waals surface area contributed by atoms with Crippen LogP contribution in [0.3, 0.4) is 0 Å². The predicted octanol–water partition coefficient (Wildman–Crippen LogP) is 3.78. The lowest BCUT2D eigenvalue weighted by atomic mass is 9.81.